The van der Waals surface area contributed by atoms with Crippen LogP contribution in [0.5, 0.6) is 0 Å². The molecule has 0 radical (unpaired) electrons. The predicted octanol–water partition coefficient (Wildman–Crippen LogP) is 6.31. The Kier molecular flexibility index (Phi) is 4.63. The Labute approximate surface area is 201 Å². The van der Waals surface area contributed by atoms with Gasteiger partial charge in [-0.15, -0.1) is 0 Å². The lowest BCUT2D eigenvalue weighted by molar-refractivity contribution is -0.120. The highest BCUT2D eigenvalue weighted by Gasteiger charge is 2.42. The highest BCUT2D eigenvalue weighted by molar-refractivity contribution is 6.06. The van der Waals surface area contributed by atoms with Crippen molar-refractivity contribution in [2.75, 3.05) is 38.0 Å². The summed E-state index contributed by atoms with van der Waals surface area (Å²) < 4.78 is 0. The first kappa shape index (κ1) is 20.7. The van der Waals surface area contributed by atoms with Crippen molar-refractivity contribution in [3.63, 3.8) is 0 Å². The summed E-state index contributed by atoms with van der Waals surface area (Å²) in [5.74, 6) is -0.305. The van der Waals surface area contributed by atoms with Crippen LogP contribution in [0.15, 0.2) is 84.9 Å². The smallest absolute Gasteiger partial charge is 0.156 e. The third-order valence-corrected chi connectivity index (χ3v) is 7.42. The van der Waals surface area contributed by atoms with Gasteiger partial charge in [0.25, 0.3) is 0 Å². The van der Waals surface area contributed by atoms with Crippen molar-refractivity contribution < 1.29 is 4.79 Å². The number of fused-ring (bicyclic) bond motifs is 6. The molecule has 2 atom stereocenters. The number of hydrogen-bond acceptors (Lipinski definition) is 3. The number of ketones is 1. The summed E-state index contributed by atoms with van der Waals surface area (Å²) in [6.07, 6.45) is 0. The van der Waals surface area contributed by atoms with Gasteiger partial charge in [0.1, 0.15) is 0 Å². The standard InChI is InChI=1S/C31H28N2O/c1-32(2)19-13-15-23-21-9-5-7-11-25(21)29(27(23)17-19)31(34)30-26-12-8-6-10-22(26)24-16-14-20(33(3)4)18-28(24)30/h5-18,29-30H,1-4H3. The molecule has 0 saturated heterocycles. The van der Waals surface area contributed by atoms with Gasteiger partial charge in [0.2, 0.25) is 0 Å². The topological polar surface area (TPSA) is 23.6 Å². The average molecular weight is 445 g/mol. The molecule has 0 aliphatic heterocycles. The minimum atomic E-state index is -0.280. The van der Waals surface area contributed by atoms with E-state index in [0.29, 0.717) is 0 Å². The summed E-state index contributed by atoms with van der Waals surface area (Å²) in [5.41, 5.74) is 11.4. The first-order chi connectivity index (χ1) is 16.5. The normalized spacial score (nSPS) is 16.9. The zero-order chi connectivity index (χ0) is 23.6. The number of benzene rings is 4. The summed E-state index contributed by atoms with van der Waals surface area (Å²) in [6.45, 7) is 0. The van der Waals surface area contributed by atoms with Crippen LogP contribution in [0, 0.1) is 0 Å². The molecule has 0 spiro atoms. The van der Waals surface area contributed by atoms with Gasteiger partial charge < -0.3 is 9.80 Å². The van der Waals surface area contributed by atoms with E-state index in [0.717, 1.165) is 33.6 Å². The summed E-state index contributed by atoms with van der Waals surface area (Å²) in [4.78, 5) is 18.8. The third-order valence-electron chi connectivity index (χ3n) is 7.42. The maximum atomic E-state index is 14.6. The molecule has 4 aromatic rings. The number of carbonyl (C=O) groups is 1. The molecule has 2 aliphatic rings. The maximum absolute atomic E-state index is 14.6. The molecule has 0 aromatic heterocycles. The third kappa shape index (κ3) is 2.93. The van der Waals surface area contributed by atoms with E-state index < -0.39 is 0 Å². The largest absolute Gasteiger partial charge is 0.378 e. The van der Waals surface area contributed by atoms with Gasteiger partial charge in [-0.05, 0) is 68.8 Å². The van der Waals surface area contributed by atoms with Crippen LogP contribution in [0.1, 0.15) is 34.1 Å². The lowest BCUT2D eigenvalue weighted by atomic mass is 9.81. The summed E-state index contributed by atoms with van der Waals surface area (Å²) >= 11 is 0. The Hall–Kier alpha value is -3.85. The van der Waals surface area contributed by atoms with E-state index in [4.69, 9.17) is 0 Å². The van der Waals surface area contributed by atoms with Gasteiger partial charge in [-0.3, -0.25) is 4.79 Å². The second-order valence-electron chi connectivity index (χ2n) is 9.77. The molecule has 0 saturated carbocycles. The van der Waals surface area contributed by atoms with Crippen LogP contribution in [0.2, 0.25) is 0 Å². The minimum absolute atomic E-state index is 0.254. The highest BCUT2D eigenvalue weighted by Crippen LogP contribution is 2.53. The lowest BCUT2D eigenvalue weighted by Crippen LogP contribution is -2.21. The van der Waals surface area contributed by atoms with E-state index >= 15 is 0 Å². The van der Waals surface area contributed by atoms with Crippen LogP contribution < -0.4 is 9.80 Å². The SMILES string of the molecule is CN(C)c1ccc2c(c1)C(C(=O)C1c3ccccc3-c3ccc(N(C)C)cc31)c1ccccc1-2. The second-order valence-corrected chi connectivity index (χ2v) is 9.77. The molecule has 0 fully saturated rings. The molecular formula is C31H28N2O. The molecule has 6 rings (SSSR count). The van der Waals surface area contributed by atoms with Crippen LogP contribution in [0.4, 0.5) is 11.4 Å². The molecule has 34 heavy (non-hydrogen) atoms. The first-order valence-corrected chi connectivity index (χ1v) is 11.8. The zero-order valence-corrected chi connectivity index (χ0v) is 20.0. The van der Waals surface area contributed by atoms with Crippen LogP contribution in [0.3, 0.4) is 0 Å². The Balaban J connectivity index is 1.56. The number of hydrogen-bond donors (Lipinski definition) is 0. The van der Waals surface area contributed by atoms with Crippen molar-refractivity contribution in [3.8, 4) is 22.3 Å². The van der Waals surface area contributed by atoms with Gasteiger partial charge in [-0.2, -0.15) is 0 Å². The van der Waals surface area contributed by atoms with Crippen LogP contribution in [-0.2, 0) is 4.79 Å². The first-order valence-electron chi connectivity index (χ1n) is 11.8. The number of nitrogens with zero attached hydrogens (tertiary/aromatic N) is 2. The Morgan fingerprint density at radius 2 is 0.912 bits per heavy atom. The number of carbonyl (C=O) groups excluding carboxylic acids is 1. The summed E-state index contributed by atoms with van der Waals surface area (Å²) in [7, 11) is 8.19. The van der Waals surface area contributed by atoms with Crippen LogP contribution in [-0.4, -0.2) is 34.0 Å². The van der Waals surface area contributed by atoms with Crippen molar-refractivity contribution in [1.29, 1.82) is 0 Å². The van der Waals surface area contributed by atoms with Crippen molar-refractivity contribution in [1.82, 2.24) is 0 Å². The second kappa shape index (κ2) is 7.59. The molecule has 0 N–H and O–H groups in total. The molecule has 0 heterocycles. The molecule has 3 heteroatoms. The van der Waals surface area contributed by atoms with Crippen molar-refractivity contribution >= 4 is 17.2 Å². The van der Waals surface area contributed by atoms with Crippen LogP contribution in [0.25, 0.3) is 22.3 Å². The van der Waals surface area contributed by atoms with E-state index in [2.05, 4.69) is 94.7 Å². The van der Waals surface area contributed by atoms with Gasteiger partial charge in [0.05, 0.1) is 11.8 Å². The predicted molar refractivity (Wildman–Crippen MR) is 141 cm³/mol. The van der Waals surface area contributed by atoms with E-state index in [1.807, 2.05) is 28.2 Å². The summed E-state index contributed by atoms with van der Waals surface area (Å²) in [5, 5.41) is 0. The molecule has 4 aromatic carbocycles. The highest BCUT2D eigenvalue weighted by atomic mass is 16.1. The van der Waals surface area contributed by atoms with Crippen molar-refractivity contribution in [2.24, 2.45) is 0 Å². The number of rotatable bonds is 4. The molecule has 2 unspecified atom stereocenters. The van der Waals surface area contributed by atoms with Gasteiger partial charge in [-0.25, -0.2) is 0 Å². The average Bonchev–Trinajstić information content (AvgIpc) is 3.35. The van der Waals surface area contributed by atoms with E-state index in [1.54, 1.807) is 0 Å². The van der Waals surface area contributed by atoms with Crippen molar-refractivity contribution in [2.45, 2.75) is 11.8 Å². The molecule has 3 nitrogen and oxygen atoms in total. The quantitative estimate of drug-likeness (QED) is 0.368. The fraction of sp³-hybridized carbons (Fsp3) is 0.194. The fourth-order valence-electron chi connectivity index (χ4n) is 5.73. The van der Waals surface area contributed by atoms with Gasteiger partial charge in [-0.1, -0.05) is 60.7 Å². The van der Waals surface area contributed by atoms with E-state index in [-0.39, 0.29) is 17.6 Å². The fourth-order valence-corrected chi connectivity index (χ4v) is 5.73. The van der Waals surface area contributed by atoms with E-state index in [1.165, 1.54) is 22.3 Å². The maximum Gasteiger partial charge on any atom is 0.156 e. The van der Waals surface area contributed by atoms with E-state index in [9.17, 15) is 4.79 Å². The Bertz CT molecular complexity index is 1340. The Morgan fingerprint density at radius 1 is 0.529 bits per heavy atom. The molecular weight excluding hydrogens is 416 g/mol. The lowest BCUT2D eigenvalue weighted by Gasteiger charge is -2.22. The molecule has 0 amide bonds. The molecule has 0 bridgehead atoms. The van der Waals surface area contributed by atoms with Gasteiger partial charge in [0.15, 0.2) is 5.78 Å². The van der Waals surface area contributed by atoms with Gasteiger partial charge >= 0.3 is 0 Å². The zero-order valence-electron chi connectivity index (χ0n) is 20.0. The Morgan fingerprint density at radius 3 is 1.32 bits per heavy atom. The monoisotopic (exact) mass is 444 g/mol. The minimum Gasteiger partial charge on any atom is -0.378 e. The molecule has 2 aliphatic carbocycles. The van der Waals surface area contributed by atoms with Crippen molar-refractivity contribution in [3.05, 3.63) is 107 Å². The van der Waals surface area contributed by atoms with Crippen LogP contribution >= 0.6 is 0 Å². The number of anilines is 2. The molecule has 168 valence electrons. The number of Topliss-reactive ketones (excluding diaryl/α,β-unsaturated/α-hetero) is 1. The summed E-state index contributed by atoms with van der Waals surface area (Å²) in [6, 6.07) is 29.9. The van der Waals surface area contributed by atoms with Gasteiger partial charge in [0, 0.05) is 39.6 Å².